The first kappa shape index (κ1) is 36.0. The van der Waals surface area contributed by atoms with E-state index >= 15 is 0 Å². The summed E-state index contributed by atoms with van der Waals surface area (Å²) in [4.78, 5) is 2.82. The molecule has 218 valence electrons. The Morgan fingerprint density at radius 1 is 0.333 bits per heavy atom. The Bertz CT molecular complexity index is 371. The van der Waals surface area contributed by atoms with Crippen molar-refractivity contribution in [3.8, 4) is 0 Å². The molecule has 0 radical (unpaired) electrons. The number of hydrogen-bond acceptors (Lipinski definition) is 1. The van der Waals surface area contributed by atoms with Crippen LogP contribution in [0.1, 0.15) is 208 Å². The van der Waals surface area contributed by atoms with Gasteiger partial charge in [-0.05, 0) is 46.2 Å². The molecular weight excluding hydrogens is 434 g/mol. The van der Waals surface area contributed by atoms with Crippen molar-refractivity contribution in [3.05, 3.63) is 0 Å². The molecule has 0 aliphatic carbocycles. The minimum atomic E-state index is 0.369. The lowest BCUT2D eigenvalue weighted by Gasteiger charge is -2.38. The summed E-state index contributed by atoms with van der Waals surface area (Å²) in [5.74, 6) is 0. The van der Waals surface area contributed by atoms with Gasteiger partial charge in [0.25, 0.3) is 0 Å². The third-order valence-corrected chi connectivity index (χ3v) is 8.78. The second-order valence-corrected chi connectivity index (χ2v) is 12.6. The van der Waals surface area contributed by atoms with Gasteiger partial charge in [0.05, 0.1) is 0 Å². The van der Waals surface area contributed by atoms with Crippen LogP contribution >= 0.6 is 0 Å². The zero-order chi connectivity index (χ0) is 26.6. The van der Waals surface area contributed by atoms with Crippen LogP contribution < -0.4 is 0 Å². The number of unbranched alkanes of at least 4 members (excludes halogenated alkanes) is 24. The predicted octanol–water partition coefficient (Wildman–Crippen LogP) is 12.7. The van der Waals surface area contributed by atoms with Gasteiger partial charge in [0.15, 0.2) is 0 Å². The highest BCUT2D eigenvalue weighted by molar-refractivity contribution is 4.80. The van der Waals surface area contributed by atoms with Crippen molar-refractivity contribution in [2.45, 2.75) is 214 Å². The first-order valence-electron chi connectivity index (χ1n) is 17.3. The standard InChI is InChI=1S/C35H73N/c1-6-9-11-13-15-17-19-21-23-25-27-29-31-33-36(35(4,5)8-3)34-32-30-28-26-24-22-20-18-16-14-12-10-7-2/h6-34H2,1-5H3. The van der Waals surface area contributed by atoms with Crippen molar-refractivity contribution in [3.63, 3.8) is 0 Å². The van der Waals surface area contributed by atoms with Gasteiger partial charge in [0.1, 0.15) is 0 Å². The van der Waals surface area contributed by atoms with E-state index in [0.717, 1.165) is 0 Å². The second-order valence-electron chi connectivity index (χ2n) is 12.6. The van der Waals surface area contributed by atoms with E-state index in [-0.39, 0.29) is 0 Å². The van der Waals surface area contributed by atoms with Crippen LogP contribution in [0.4, 0.5) is 0 Å². The second kappa shape index (κ2) is 28.0. The van der Waals surface area contributed by atoms with Crippen molar-refractivity contribution < 1.29 is 0 Å². The predicted molar refractivity (Wildman–Crippen MR) is 167 cm³/mol. The quantitative estimate of drug-likeness (QED) is 0.0873. The lowest BCUT2D eigenvalue weighted by atomic mass is 9.97. The first-order valence-corrected chi connectivity index (χ1v) is 17.3. The molecule has 0 spiro atoms. The highest BCUT2D eigenvalue weighted by Gasteiger charge is 2.23. The Morgan fingerprint density at radius 3 is 0.778 bits per heavy atom. The molecule has 0 aromatic carbocycles. The molecule has 0 aromatic rings. The molecule has 0 N–H and O–H groups in total. The molecule has 0 heterocycles. The van der Waals surface area contributed by atoms with Crippen LogP contribution in [0.3, 0.4) is 0 Å². The van der Waals surface area contributed by atoms with Crippen LogP contribution in [0.2, 0.25) is 0 Å². The van der Waals surface area contributed by atoms with Crippen molar-refractivity contribution in [2.24, 2.45) is 0 Å². The summed E-state index contributed by atoms with van der Waals surface area (Å²) in [5, 5.41) is 0. The fourth-order valence-electron chi connectivity index (χ4n) is 5.58. The van der Waals surface area contributed by atoms with Gasteiger partial charge in [0, 0.05) is 5.54 Å². The van der Waals surface area contributed by atoms with Crippen LogP contribution in [0, 0.1) is 0 Å². The van der Waals surface area contributed by atoms with Crippen LogP contribution in [0.25, 0.3) is 0 Å². The van der Waals surface area contributed by atoms with E-state index in [2.05, 4.69) is 39.5 Å². The minimum absolute atomic E-state index is 0.369. The summed E-state index contributed by atoms with van der Waals surface area (Å²) in [6, 6.07) is 0. The van der Waals surface area contributed by atoms with E-state index in [4.69, 9.17) is 0 Å². The van der Waals surface area contributed by atoms with Crippen molar-refractivity contribution >= 4 is 0 Å². The van der Waals surface area contributed by atoms with E-state index in [1.807, 2.05) is 0 Å². The van der Waals surface area contributed by atoms with Gasteiger partial charge in [-0.1, -0.05) is 175 Å². The average molecular weight is 508 g/mol. The number of nitrogens with zero attached hydrogens (tertiary/aromatic N) is 1. The van der Waals surface area contributed by atoms with Gasteiger partial charge in [-0.2, -0.15) is 0 Å². The molecule has 0 bridgehead atoms. The summed E-state index contributed by atoms with van der Waals surface area (Å²) in [6.07, 6.45) is 39.0. The third kappa shape index (κ3) is 24.3. The maximum atomic E-state index is 2.82. The van der Waals surface area contributed by atoms with Crippen LogP contribution in [-0.2, 0) is 0 Å². The van der Waals surface area contributed by atoms with E-state index < -0.39 is 0 Å². The van der Waals surface area contributed by atoms with Crippen molar-refractivity contribution in [1.82, 2.24) is 4.90 Å². The third-order valence-electron chi connectivity index (χ3n) is 8.78. The summed E-state index contributed by atoms with van der Waals surface area (Å²) in [7, 11) is 0. The highest BCUT2D eigenvalue weighted by atomic mass is 15.2. The number of rotatable bonds is 30. The summed E-state index contributed by atoms with van der Waals surface area (Å²) in [6.45, 7) is 14.6. The molecule has 0 aliphatic rings. The Balaban J connectivity index is 3.66. The Labute approximate surface area is 231 Å². The zero-order valence-corrected chi connectivity index (χ0v) is 26.5. The molecule has 0 saturated carbocycles. The van der Waals surface area contributed by atoms with Gasteiger partial charge in [0.2, 0.25) is 0 Å². The van der Waals surface area contributed by atoms with Gasteiger partial charge in [-0.3, -0.25) is 4.90 Å². The molecule has 0 fully saturated rings. The van der Waals surface area contributed by atoms with Crippen LogP contribution in [0.5, 0.6) is 0 Å². The molecule has 1 nitrogen and oxygen atoms in total. The largest absolute Gasteiger partial charge is 0.298 e. The van der Waals surface area contributed by atoms with Gasteiger partial charge >= 0.3 is 0 Å². The SMILES string of the molecule is CCCCCCCCCCCCCCCN(CCCCCCCCCCCCCCC)C(C)(C)CC. The zero-order valence-electron chi connectivity index (χ0n) is 26.5. The lowest BCUT2D eigenvalue weighted by Crippen LogP contribution is -2.44. The lowest BCUT2D eigenvalue weighted by molar-refractivity contribution is 0.110. The van der Waals surface area contributed by atoms with Gasteiger partial charge in [-0.15, -0.1) is 0 Å². The Hall–Kier alpha value is -0.0400. The van der Waals surface area contributed by atoms with E-state index in [1.54, 1.807) is 0 Å². The highest BCUT2D eigenvalue weighted by Crippen LogP contribution is 2.21. The van der Waals surface area contributed by atoms with E-state index in [0.29, 0.717) is 5.54 Å². The van der Waals surface area contributed by atoms with Gasteiger partial charge < -0.3 is 0 Å². The molecular formula is C35H73N. The van der Waals surface area contributed by atoms with E-state index in [1.165, 1.54) is 186 Å². The maximum absolute atomic E-state index is 2.82. The van der Waals surface area contributed by atoms with Crippen LogP contribution in [0.15, 0.2) is 0 Å². The molecule has 36 heavy (non-hydrogen) atoms. The molecule has 0 saturated heterocycles. The Morgan fingerprint density at radius 2 is 0.556 bits per heavy atom. The number of hydrogen-bond donors (Lipinski definition) is 0. The molecule has 0 unspecified atom stereocenters. The molecule has 0 rings (SSSR count). The normalized spacial score (nSPS) is 12.2. The average Bonchev–Trinajstić information content (AvgIpc) is 2.88. The molecule has 0 aromatic heterocycles. The Kier molecular flexibility index (Phi) is 27.9. The summed E-state index contributed by atoms with van der Waals surface area (Å²) in [5.41, 5.74) is 0.369. The molecule has 0 amide bonds. The van der Waals surface area contributed by atoms with Crippen molar-refractivity contribution in [2.75, 3.05) is 13.1 Å². The topological polar surface area (TPSA) is 3.24 Å². The molecule has 0 atom stereocenters. The van der Waals surface area contributed by atoms with E-state index in [9.17, 15) is 0 Å². The summed E-state index contributed by atoms with van der Waals surface area (Å²) < 4.78 is 0. The van der Waals surface area contributed by atoms with Crippen molar-refractivity contribution in [1.29, 1.82) is 0 Å². The molecule has 0 aliphatic heterocycles. The fraction of sp³-hybridized carbons (Fsp3) is 1.00. The van der Waals surface area contributed by atoms with Gasteiger partial charge in [-0.25, -0.2) is 0 Å². The molecule has 1 heteroatoms. The first-order chi connectivity index (χ1) is 17.6. The monoisotopic (exact) mass is 508 g/mol. The summed E-state index contributed by atoms with van der Waals surface area (Å²) >= 11 is 0. The van der Waals surface area contributed by atoms with Crippen LogP contribution in [-0.4, -0.2) is 23.5 Å². The fourth-order valence-corrected chi connectivity index (χ4v) is 5.58. The maximum Gasteiger partial charge on any atom is 0.0150 e. The smallest absolute Gasteiger partial charge is 0.0150 e. The minimum Gasteiger partial charge on any atom is -0.298 e.